The molecule has 0 rings (SSSR count). The second-order valence-electron chi connectivity index (χ2n) is 6.70. The zero-order valence-corrected chi connectivity index (χ0v) is 20.3. The van der Waals surface area contributed by atoms with Crippen molar-refractivity contribution in [3.05, 3.63) is 0 Å². The standard InChI is InChI=1S/C17H29B2Br3N2O2/c1-16(20,21)14(25)23-12-10-8-6-4-2-3-5-7-9-11-13-24-15(26)17(18,19)22/h2-13H2,1H3,(H,23,25)(H,24,26). The van der Waals surface area contributed by atoms with E-state index >= 15 is 0 Å². The fraction of sp³-hybridized carbons (Fsp3) is 0.882. The third-order valence-electron chi connectivity index (χ3n) is 3.92. The lowest BCUT2D eigenvalue weighted by molar-refractivity contribution is -0.121. The molecule has 0 aliphatic carbocycles. The van der Waals surface area contributed by atoms with Gasteiger partial charge >= 0.3 is 0 Å². The Kier molecular flexibility index (Phi) is 14.8. The molecule has 0 spiro atoms. The molecule has 4 nitrogen and oxygen atoms in total. The van der Waals surface area contributed by atoms with Crippen LogP contribution in [0, 0.1) is 0 Å². The van der Waals surface area contributed by atoms with Gasteiger partial charge in [-0.05, 0) is 19.8 Å². The van der Waals surface area contributed by atoms with Crippen LogP contribution in [0.2, 0.25) is 0 Å². The van der Waals surface area contributed by atoms with Gasteiger partial charge in [-0.25, -0.2) is 0 Å². The maximum atomic E-state index is 11.6. The van der Waals surface area contributed by atoms with Gasteiger partial charge < -0.3 is 10.6 Å². The monoisotopic (exact) mass is 552 g/mol. The summed E-state index contributed by atoms with van der Waals surface area (Å²) in [4.78, 5) is 23.0. The minimum atomic E-state index is -1.47. The number of unbranched alkanes of at least 4 members (excludes halogenated alkanes) is 9. The lowest BCUT2D eigenvalue weighted by atomic mass is 9.70. The van der Waals surface area contributed by atoms with Crippen LogP contribution in [-0.2, 0) is 9.59 Å². The number of halogens is 3. The lowest BCUT2D eigenvalue weighted by Crippen LogP contribution is -2.43. The summed E-state index contributed by atoms with van der Waals surface area (Å²) in [5, 5.41) is 5.60. The lowest BCUT2D eigenvalue weighted by Gasteiger charge is -2.16. The summed E-state index contributed by atoms with van der Waals surface area (Å²) >= 11 is 9.46. The fourth-order valence-electron chi connectivity index (χ4n) is 2.36. The van der Waals surface area contributed by atoms with Gasteiger partial charge in [-0.3, -0.25) is 9.59 Å². The zero-order chi connectivity index (χ0) is 20.1. The Morgan fingerprint density at radius 3 is 1.31 bits per heavy atom. The molecule has 0 atom stereocenters. The number of amides is 2. The highest BCUT2D eigenvalue weighted by Crippen LogP contribution is 2.24. The summed E-state index contributed by atoms with van der Waals surface area (Å²) in [7, 11) is 10.8. The molecule has 146 valence electrons. The van der Waals surface area contributed by atoms with Gasteiger partial charge in [0.05, 0.1) is 15.7 Å². The molecule has 0 aromatic carbocycles. The Bertz CT molecular complexity index is 376. The maximum Gasteiger partial charge on any atom is 0.247 e. The maximum absolute atomic E-state index is 11.6. The number of hydrogen-bond donors (Lipinski definition) is 2. The third kappa shape index (κ3) is 15.6. The van der Waals surface area contributed by atoms with E-state index in [9.17, 15) is 9.59 Å². The topological polar surface area (TPSA) is 58.2 Å². The zero-order valence-electron chi connectivity index (χ0n) is 15.6. The van der Waals surface area contributed by atoms with E-state index in [2.05, 4.69) is 58.4 Å². The second kappa shape index (κ2) is 14.5. The molecule has 0 aliphatic rings. The largest absolute Gasteiger partial charge is 0.356 e. The van der Waals surface area contributed by atoms with Gasteiger partial charge in [0.15, 0.2) is 3.23 Å². The number of hydrogen-bond acceptors (Lipinski definition) is 2. The summed E-state index contributed by atoms with van der Waals surface area (Å²) in [5.41, 5.74) is 0. The minimum Gasteiger partial charge on any atom is -0.356 e. The van der Waals surface area contributed by atoms with Crippen molar-refractivity contribution in [2.45, 2.75) is 78.5 Å². The van der Waals surface area contributed by atoms with Gasteiger partial charge in [-0.2, -0.15) is 0 Å². The van der Waals surface area contributed by atoms with Gasteiger partial charge in [-0.1, -0.05) is 99.2 Å². The van der Waals surface area contributed by atoms with Crippen molar-refractivity contribution in [2.75, 3.05) is 13.1 Å². The highest BCUT2D eigenvalue weighted by atomic mass is 79.9. The molecule has 26 heavy (non-hydrogen) atoms. The van der Waals surface area contributed by atoms with E-state index in [1.54, 1.807) is 6.92 Å². The van der Waals surface area contributed by atoms with E-state index in [-0.39, 0.29) is 11.8 Å². The SMILES string of the molecule is [B]C([B])(Br)C(=O)NCCCCCCCCCCCCNC(=O)C(C)(Br)Br. The van der Waals surface area contributed by atoms with Crippen molar-refractivity contribution in [3.63, 3.8) is 0 Å². The Hall–Kier alpha value is 0.510. The molecular weight excluding hydrogens is 526 g/mol. The smallest absolute Gasteiger partial charge is 0.247 e. The highest BCUT2D eigenvalue weighted by molar-refractivity contribution is 9.25. The molecule has 9 heteroatoms. The van der Waals surface area contributed by atoms with Crippen molar-refractivity contribution in [2.24, 2.45) is 0 Å². The first-order valence-corrected chi connectivity index (χ1v) is 11.6. The fourth-order valence-corrected chi connectivity index (χ4v) is 2.78. The number of alkyl halides is 3. The molecule has 0 aromatic heterocycles. The van der Waals surface area contributed by atoms with Crippen LogP contribution >= 0.6 is 47.8 Å². The number of carbonyl (C=O) groups excluding carboxylic acids is 2. The number of carbonyl (C=O) groups is 2. The summed E-state index contributed by atoms with van der Waals surface area (Å²) < 4.78 is -2.14. The van der Waals surface area contributed by atoms with E-state index < -0.39 is 7.36 Å². The molecule has 0 saturated heterocycles. The average molecular weight is 555 g/mol. The predicted molar refractivity (Wildman–Crippen MR) is 122 cm³/mol. The first kappa shape index (κ1) is 26.5. The normalized spacial score (nSPS) is 12.0. The van der Waals surface area contributed by atoms with Gasteiger partial charge in [0.2, 0.25) is 11.8 Å². The molecule has 0 fully saturated rings. The van der Waals surface area contributed by atoms with Crippen LogP contribution in [0.25, 0.3) is 0 Å². The Balaban J connectivity index is 3.28. The quantitative estimate of drug-likeness (QED) is 0.183. The third-order valence-corrected chi connectivity index (χ3v) is 5.00. The summed E-state index contributed by atoms with van der Waals surface area (Å²) in [6.07, 6.45) is 11.6. The second-order valence-corrected chi connectivity index (χ2v) is 12.3. The summed E-state index contributed by atoms with van der Waals surface area (Å²) in [5.74, 6) is -0.417. The van der Waals surface area contributed by atoms with Crippen molar-refractivity contribution >= 4 is 75.3 Å². The van der Waals surface area contributed by atoms with Gasteiger partial charge in [0.25, 0.3) is 0 Å². The summed E-state index contributed by atoms with van der Waals surface area (Å²) in [6.45, 7) is 3.11. The van der Waals surface area contributed by atoms with Gasteiger partial charge in [-0.15, -0.1) is 0 Å². The Labute approximate surface area is 186 Å². The van der Waals surface area contributed by atoms with Crippen LogP contribution < -0.4 is 10.6 Å². The van der Waals surface area contributed by atoms with Crippen LogP contribution in [0.15, 0.2) is 0 Å². The highest BCUT2D eigenvalue weighted by Gasteiger charge is 2.25. The molecule has 0 bridgehead atoms. The predicted octanol–water partition coefficient (Wildman–Crippen LogP) is 4.01. The van der Waals surface area contributed by atoms with Crippen LogP contribution in [0.3, 0.4) is 0 Å². The van der Waals surface area contributed by atoms with Gasteiger partial charge in [0.1, 0.15) is 0 Å². The molecule has 0 heterocycles. The van der Waals surface area contributed by atoms with E-state index in [1.165, 1.54) is 38.5 Å². The number of nitrogens with one attached hydrogen (secondary N) is 2. The number of rotatable bonds is 15. The first-order valence-electron chi connectivity index (χ1n) is 9.26. The molecule has 4 radical (unpaired) electrons. The van der Waals surface area contributed by atoms with Crippen molar-refractivity contribution in [3.8, 4) is 0 Å². The van der Waals surface area contributed by atoms with E-state index in [0.717, 1.165) is 32.2 Å². The van der Waals surface area contributed by atoms with Crippen molar-refractivity contribution in [1.29, 1.82) is 0 Å². The van der Waals surface area contributed by atoms with Crippen LogP contribution in [-0.4, -0.2) is 48.0 Å². The summed E-state index contributed by atoms with van der Waals surface area (Å²) in [6, 6.07) is 0. The molecule has 0 aliphatic heterocycles. The van der Waals surface area contributed by atoms with Crippen LogP contribution in [0.4, 0.5) is 0 Å². The molecule has 2 amide bonds. The molecule has 0 unspecified atom stereocenters. The molecule has 0 aromatic rings. The average Bonchev–Trinajstić information content (AvgIpc) is 2.52. The Morgan fingerprint density at radius 1 is 0.692 bits per heavy atom. The van der Waals surface area contributed by atoms with Crippen LogP contribution in [0.1, 0.15) is 71.1 Å². The van der Waals surface area contributed by atoms with E-state index in [4.69, 9.17) is 15.7 Å². The molecule has 2 N–H and O–H groups in total. The Morgan fingerprint density at radius 2 is 1.00 bits per heavy atom. The first-order chi connectivity index (χ1) is 12.0. The van der Waals surface area contributed by atoms with Crippen molar-refractivity contribution in [1.82, 2.24) is 10.6 Å². The van der Waals surface area contributed by atoms with Crippen LogP contribution in [0.5, 0.6) is 0 Å². The van der Waals surface area contributed by atoms with E-state index in [1.807, 2.05) is 0 Å². The van der Waals surface area contributed by atoms with Crippen molar-refractivity contribution < 1.29 is 9.59 Å². The molecule has 0 saturated carbocycles. The minimum absolute atomic E-state index is 0.0327. The van der Waals surface area contributed by atoms with E-state index in [0.29, 0.717) is 6.54 Å². The molecular formula is C17H29B2Br3N2O2. The van der Waals surface area contributed by atoms with Gasteiger partial charge in [0, 0.05) is 17.2 Å².